The maximum atomic E-state index is 12.7. The van der Waals surface area contributed by atoms with Crippen molar-refractivity contribution < 1.29 is 43.7 Å². The van der Waals surface area contributed by atoms with Crippen LogP contribution in [0.4, 0.5) is 30.7 Å². The van der Waals surface area contributed by atoms with Crippen LogP contribution in [0, 0.1) is 0 Å². The zero-order valence-corrected chi connectivity index (χ0v) is 12.2. The molecule has 0 saturated carbocycles. The van der Waals surface area contributed by atoms with Crippen molar-refractivity contribution in [3.63, 3.8) is 0 Å². The van der Waals surface area contributed by atoms with Crippen LogP contribution < -0.4 is 0 Å². The smallest absolute Gasteiger partial charge is 0.281 e. The second-order valence-corrected chi connectivity index (χ2v) is 9.14. The van der Waals surface area contributed by atoms with Crippen LogP contribution in [0.25, 0.3) is 0 Å². The van der Waals surface area contributed by atoms with Crippen molar-refractivity contribution in [1.82, 2.24) is 0 Å². The van der Waals surface area contributed by atoms with E-state index in [4.69, 9.17) is 4.55 Å². The first kappa shape index (κ1) is 17.9. The van der Waals surface area contributed by atoms with E-state index in [1.54, 1.807) is 0 Å². The fourth-order valence-corrected chi connectivity index (χ4v) is 1.65. The first-order valence-corrected chi connectivity index (χ1v) is 6.77. The Morgan fingerprint density at radius 2 is 1.12 bits per heavy atom. The molecule has 0 heterocycles. The summed E-state index contributed by atoms with van der Waals surface area (Å²) < 4.78 is 112. The number of hydrogen-bond donors (Lipinski definition) is 1. The van der Waals surface area contributed by atoms with Crippen molar-refractivity contribution in [2.45, 2.75) is 18.8 Å². The second-order valence-electron chi connectivity index (χ2n) is 2.64. The lowest BCUT2D eigenvalue weighted by atomic mass is 10.2. The van der Waals surface area contributed by atoms with Gasteiger partial charge in [-0.3, -0.25) is 4.55 Å². The highest BCUT2D eigenvalue weighted by atomic mass is 127. The number of halogens is 9. The molecule has 0 aliphatic heterocycles. The van der Waals surface area contributed by atoms with Gasteiger partial charge in [0.1, 0.15) is 0 Å². The van der Waals surface area contributed by atoms with Crippen LogP contribution in [-0.2, 0) is 10.1 Å². The van der Waals surface area contributed by atoms with E-state index in [2.05, 4.69) is 0 Å². The van der Waals surface area contributed by atoms with Crippen molar-refractivity contribution in [3.05, 3.63) is 0 Å². The number of alkyl halides is 9. The molecular formula is C4HF7I2O3S. The lowest BCUT2D eigenvalue weighted by molar-refractivity contribution is -0.289. The predicted molar refractivity (Wildman–Crippen MR) is 58.3 cm³/mol. The lowest BCUT2D eigenvalue weighted by Crippen LogP contribution is -2.62. The molecule has 0 aromatic heterocycles. The summed E-state index contributed by atoms with van der Waals surface area (Å²) in [6.45, 7) is 0. The van der Waals surface area contributed by atoms with Gasteiger partial charge in [0.15, 0.2) is 0 Å². The van der Waals surface area contributed by atoms with Crippen molar-refractivity contribution in [1.29, 1.82) is 0 Å². The van der Waals surface area contributed by atoms with E-state index in [0.717, 1.165) is 0 Å². The zero-order valence-electron chi connectivity index (χ0n) is 7.07. The molecule has 104 valence electrons. The van der Waals surface area contributed by atoms with Gasteiger partial charge in [0.05, 0.1) is 0 Å². The third-order valence-electron chi connectivity index (χ3n) is 1.44. The lowest BCUT2D eigenvalue weighted by Gasteiger charge is -2.34. The summed E-state index contributed by atoms with van der Waals surface area (Å²) in [6, 6.07) is 0. The molecule has 13 heteroatoms. The third kappa shape index (κ3) is 2.75. The van der Waals surface area contributed by atoms with Crippen LogP contribution >= 0.6 is 45.2 Å². The van der Waals surface area contributed by atoms with Gasteiger partial charge in [0.25, 0.3) is 1.68 Å². The topological polar surface area (TPSA) is 54.4 Å². The normalized spacial score (nSPS) is 16.1. The van der Waals surface area contributed by atoms with E-state index in [0.29, 0.717) is 0 Å². The molecule has 3 nitrogen and oxygen atoms in total. The summed E-state index contributed by atoms with van der Waals surface area (Å²) in [7, 11) is -6.84. The molecule has 0 aliphatic carbocycles. The fourth-order valence-electron chi connectivity index (χ4n) is 0.523. The molecule has 0 aromatic rings. The minimum absolute atomic E-state index is 0.0930. The van der Waals surface area contributed by atoms with Crippen molar-refractivity contribution in [2.75, 3.05) is 0 Å². The Labute approximate surface area is 117 Å². The first-order chi connectivity index (χ1) is 7.00. The van der Waals surface area contributed by atoms with E-state index < -0.39 is 28.9 Å². The number of rotatable bonds is 4. The Bertz CT molecular complexity index is 400. The van der Waals surface area contributed by atoms with Crippen LogP contribution in [0.5, 0.6) is 0 Å². The third-order valence-corrected chi connectivity index (χ3v) is 3.70. The van der Waals surface area contributed by atoms with Crippen LogP contribution in [0.15, 0.2) is 0 Å². The quantitative estimate of drug-likeness (QED) is 0.271. The van der Waals surface area contributed by atoms with E-state index >= 15 is 0 Å². The molecule has 0 spiro atoms. The molecule has 0 saturated heterocycles. The maximum absolute atomic E-state index is 12.7. The minimum Gasteiger partial charge on any atom is -0.281 e. The highest BCUT2D eigenvalue weighted by molar-refractivity contribution is 14.2. The van der Waals surface area contributed by atoms with Crippen molar-refractivity contribution in [3.8, 4) is 0 Å². The van der Waals surface area contributed by atoms with Gasteiger partial charge in [0, 0.05) is 0 Å². The van der Waals surface area contributed by atoms with Gasteiger partial charge in [-0.2, -0.15) is 34.8 Å². The van der Waals surface area contributed by atoms with E-state index in [1.807, 2.05) is 0 Å². The highest BCUT2D eigenvalue weighted by Gasteiger charge is 2.82. The molecule has 0 radical (unpaired) electrons. The molecule has 0 atom stereocenters. The highest BCUT2D eigenvalue weighted by Crippen LogP contribution is 2.57. The Balaban J connectivity index is 5.91. The summed E-state index contributed by atoms with van der Waals surface area (Å²) in [5.41, 5.74) is 0. The summed E-state index contributed by atoms with van der Waals surface area (Å²) >= 11 is 0.186. The molecule has 0 amide bonds. The van der Waals surface area contributed by atoms with Gasteiger partial charge in [-0.15, -0.1) is 0 Å². The number of hydrogen-bond acceptors (Lipinski definition) is 2. The van der Waals surface area contributed by atoms with Gasteiger partial charge in [-0.05, 0) is 45.2 Å². The predicted octanol–water partition coefficient (Wildman–Crippen LogP) is 3.23. The second kappa shape index (κ2) is 4.46. The van der Waals surface area contributed by atoms with Crippen LogP contribution in [0.2, 0.25) is 0 Å². The molecule has 0 unspecified atom stereocenters. The zero-order chi connectivity index (χ0) is 14.5. The summed E-state index contributed by atoms with van der Waals surface area (Å²) in [4.78, 5) is 0. The van der Waals surface area contributed by atoms with E-state index in [9.17, 15) is 39.2 Å². The molecule has 0 aliphatic rings. The fraction of sp³-hybridized carbons (Fsp3) is 1.00. The Hall–Kier alpha value is 0.880. The molecule has 1 N–H and O–H groups in total. The van der Waals surface area contributed by atoms with Crippen LogP contribution in [0.3, 0.4) is 0 Å². The largest absolute Gasteiger partial charge is 0.438 e. The van der Waals surface area contributed by atoms with Gasteiger partial charge in [-0.1, -0.05) is 0 Å². The van der Waals surface area contributed by atoms with Gasteiger partial charge < -0.3 is 0 Å². The van der Waals surface area contributed by atoms with Gasteiger partial charge in [-0.25, -0.2) is 4.39 Å². The molecule has 0 aromatic carbocycles. The van der Waals surface area contributed by atoms with Crippen molar-refractivity contribution in [2.24, 2.45) is 0 Å². The Morgan fingerprint density at radius 1 is 0.824 bits per heavy atom. The summed E-state index contributed by atoms with van der Waals surface area (Å²) in [6.07, 6.45) is 0. The molecular weight excluding hydrogens is 515 g/mol. The van der Waals surface area contributed by atoms with E-state index in [-0.39, 0.29) is 45.2 Å². The van der Waals surface area contributed by atoms with Crippen molar-refractivity contribution >= 4 is 55.3 Å². The molecule has 0 rings (SSSR count). The van der Waals surface area contributed by atoms with Crippen LogP contribution in [-0.4, -0.2) is 31.8 Å². The minimum atomic E-state index is -6.84. The standard InChI is InChI=1S/C4HF7I2O3S/c5-1(6,2(7,8)4(11,12)13)3(9,10)17(14,15)16/h(H,14,15,16). The molecule has 0 bridgehead atoms. The summed E-state index contributed by atoms with van der Waals surface area (Å²) in [5, 5.41) is -6.53. The first-order valence-electron chi connectivity index (χ1n) is 3.17. The summed E-state index contributed by atoms with van der Waals surface area (Å²) in [5.74, 6) is -12.7. The maximum Gasteiger partial charge on any atom is 0.438 e. The van der Waals surface area contributed by atoms with Gasteiger partial charge >= 0.3 is 27.2 Å². The molecule has 17 heavy (non-hydrogen) atoms. The average molecular weight is 516 g/mol. The van der Waals surface area contributed by atoms with Gasteiger partial charge in [0.2, 0.25) is 0 Å². The van der Waals surface area contributed by atoms with Crippen LogP contribution in [0.1, 0.15) is 0 Å². The average Bonchev–Trinajstić information content (AvgIpc) is 1.98. The Kier molecular flexibility index (Phi) is 4.70. The SMILES string of the molecule is O=S(=O)(O)C(F)(F)C(F)(F)C(F)(F)C(F)(I)I. The Morgan fingerprint density at radius 3 is 1.29 bits per heavy atom. The van der Waals surface area contributed by atoms with E-state index in [1.165, 1.54) is 0 Å². The molecule has 0 fully saturated rings. The monoisotopic (exact) mass is 516 g/mol.